The van der Waals surface area contributed by atoms with E-state index in [-0.39, 0.29) is 5.57 Å². The Morgan fingerprint density at radius 3 is 2.55 bits per heavy atom. The van der Waals surface area contributed by atoms with Gasteiger partial charge in [0, 0.05) is 5.57 Å². The van der Waals surface area contributed by atoms with Crippen LogP contribution >= 0.6 is 11.6 Å². The van der Waals surface area contributed by atoms with Crippen molar-refractivity contribution in [3.05, 3.63) is 12.2 Å². The number of ether oxygens (including phenoxy) is 1. The van der Waals surface area contributed by atoms with E-state index in [9.17, 15) is 4.79 Å². The predicted molar refractivity (Wildman–Crippen MR) is 38.8 cm³/mol. The molecule has 5 heteroatoms. The highest BCUT2D eigenvalue weighted by molar-refractivity contribution is 6.22. The number of hydrogen-bond donors (Lipinski definition) is 2. The summed E-state index contributed by atoms with van der Waals surface area (Å²) in [6.07, 6.45) is 0. The summed E-state index contributed by atoms with van der Waals surface area (Å²) in [5, 5.41) is 14.8. The Balaban J connectivity index is 4.04. The van der Waals surface area contributed by atoms with Gasteiger partial charge >= 0.3 is 11.2 Å². The zero-order chi connectivity index (χ0) is 9.07. The summed E-state index contributed by atoms with van der Waals surface area (Å²) in [6, 6.07) is 0. The SMILES string of the molecule is C=C(C)C(=O)OC(O)(Cl)CO. The maximum atomic E-state index is 10.6. The van der Waals surface area contributed by atoms with Crippen molar-refractivity contribution in [2.24, 2.45) is 0 Å². The molecular formula is C6H9ClO4. The molecule has 1 unspecified atom stereocenters. The van der Waals surface area contributed by atoms with Gasteiger partial charge in [-0.3, -0.25) is 0 Å². The van der Waals surface area contributed by atoms with Crippen LogP contribution in [0.25, 0.3) is 0 Å². The van der Waals surface area contributed by atoms with Gasteiger partial charge in [0.15, 0.2) is 0 Å². The monoisotopic (exact) mass is 180 g/mol. The first-order valence-corrected chi connectivity index (χ1v) is 3.18. The maximum absolute atomic E-state index is 10.6. The van der Waals surface area contributed by atoms with Gasteiger partial charge < -0.3 is 14.9 Å². The van der Waals surface area contributed by atoms with Gasteiger partial charge in [-0.15, -0.1) is 0 Å². The molecule has 0 aromatic heterocycles. The molecule has 0 heterocycles. The highest BCUT2D eigenvalue weighted by Gasteiger charge is 2.27. The molecule has 2 N–H and O–H groups in total. The van der Waals surface area contributed by atoms with Gasteiger partial charge in [0.1, 0.15) is 6.61 Å². The number of carbonyl (C=O) groups is 1. The number of aliphatic hydroxyl groups excluding tert-OH is 1. The van der Waals surface area contributed by atoms with E-state index in [0.717, 1.165) is 0 Å². The molecule has 1 atom stereocenters. The van der Waals surface area contributed by atoms with Gasteiger partial charge in [-0.2, -0.15) is 0 Å². The molecule has 0 spiro atoms. The third-order valence-corrected chi connectivity index (χ3v) is 0.989. The lowest BCUT2D eigenvalue weighted by atomic mass is 10.4. The molecule has 0 bridgehead atoms. The highest BCUT2D eigenvalue weighted by Crippen LogP contribution is 2.13. The fourth-order valence-corrected chi connectivity index (χ4v) is 0.332. The molecule has 0 aliphatic rings. The van der Waals surface area contributed by atoms with Crippen molar-refractivity contribution >= 4 is 17.6 Å². The van der Waals surface area contributed by atoms with Gasteiger partial charge in [-0.1, -0.05) is 6.58 Å². The Labute approximate surface area is 69.0 Å². The third-order valence-electron chi connectivity index (χ3n) is 0.793. The smallest absolute Gasteiger partial charge is 0.336 e. The Kier molecular flexibility index (Phi) is 3.51. The highest BCUT2D eigenvalue weighted by atomic mass is 35.5. The quantitative estimate of drug-likeness (QED) is 0.277. The second kappa shape index (κ2) is 3.71. The molecule has 0 rings (SSSR count). The molecule has 11 heavy (non-hydrogen) atoms. The van der Waals surface area contributed by atoms with Crippen molar-refractivity contribution in [2.75, 3.05) is 6.61 Å². The van der Waals surface area contributed by atoms with E-state index in [0.29, 0.717) is 0 Å². The van der Waals surface area contributed by atoms with E-state index >= 15 is 0 Å². The molecule has 0 fully saturated rings. The minimum atomic E-state index is -2.34. The van der Waals surface area contributed by atoms with E-state index in [2.05, 4.69) is 11.3 Å². The average molecular weight is 181 g/mol. The molecule has 64 valence electrons. The topological polar surface area (TPSA) is 66.8 Å². The molecule has 0 aromatic carbocycles. The van der Waals surface area contributed by atoms with Crippen LogP contribution in [-0.4, -0.2) is 28.0 Å². The van der Waals surface area contributed by atoms with Crippen LogP contribution in [0.1, 0.15) is 6.92 Å². The van der Waals surface area contributed by atoms with Gasteiger partial charge in [0.05, 0.1) is 0 Å². The zero-order valence-corrected chi connectivity index (χ0v) is 6.76. The Hall–Kier alpha value is -0.580. The first-order valence-electron chi connectivity index (χ1n) is 2.80. The number of aliphatic hydroxyl groups is 2. The van der Waals surface area contributed by atoms with Crippen LogP contribution in [0, 0.1) is 0 Å². The van der Waals surface area contributed by atoms with E-state index in [1.165, 1.54) is 6.92 Å². The van der Waals surface area contributed by atoms with Crippen molar-refractivity contribution in [2.45, 2.75) is 12.2 Å². The molecule has 4 nitrogen and oxygen atoms in total. The predicted octanol–water partition coefficient (Wildman–Crippen LogP) is -0.0171. The Morgan fingerprint density at radius 1 is 1.82 bits per heavy atom. The number of hydrogen-bond acceptors (Lipinski definition) is 4. The van der Waals surface area contributed by atoms with Crippen LogP contribution in [0.15, 0.2) is 12.2 Å². The number of carbonyl (C=O) groups excluding carboxylic acids is 1. The largest absolute Gasteiger partial charge is 0.413 e. The molecule has 0 saturated carbocycles. The summed E-state index contributed by atoms with van der Waals surface area (Å²) in [5.41, 5.74) is 0.0949. The summed E-state index contributed by atoms with van der Waals surface area (Å²) in [6.45, 7) is 3.78. The lowest BCUT2D eigenvalue weighted by molar-refractivity contribution is -0.183. The second-order valence-electron chi connectivity index (χ2n) is 2.02. The van der Waals surface area contributed by atoms with Crippen molar-refractivity contribution in [1.29, 1.82) is 0 Å². The minimum Gasteiger partial charge on any atom is -0.413 e. The summed E-state index contributed by atoms with van der Waals surface area (Å²) in [4.78, 5) is 10.6. The van der Waals surface area contributed by atoms with Gasteiger partial charge in [-0.25, -0.2) is 4.79 Å². The zero-order valence-electron chi connectivity index (χ0n) is 6.00. The van der Waals surface area contributed by atoms with Gasteiger partial charge in [0.2, 0.25) is 0 Å². The lowest BCUT2D eigenvalue weighted by Crippen LogP contribution is -2.32. The molecule has 0 radical (unpaired) electrons. The van der Waals surface area contributed by atoms with Crippen molar-refractivity contribution in [1.82, 2.24) is 0 Å². The summed E-state index contributed by atoms with van der Waals surface area (Å²) in [5.74, 6) is -0.850. The molecule has 0 aromatic rings. The standard InChI is InChI=1S/C6H9ClO4/c1-4(2)5(9)11-6(7,10)3-8/h8,10H,1,3H2,2H3. The van der Waals surface area contributed by atoms with Crippen LogP contribution in [0.3, 0.4) is 0 Å². The second-order valence-corrected chi connectivity index (χ2v) is 2.61. The number of esters is 1. The fourth-order valence-electron chi connectivity index (χ4n) is 0.261. The van der Waals surface area contributed by atoms with Crippen LogP contribution in [0.5, 0.6) is 0 Å². The van der Waals surface area contributed by atoms with Crippen molar-refractivity contribution in [3.8, 4) is 0 Å². The van der Waals surface area contributed by atoms with Crippen molar-refractivity contribution < 1.29 is 19.7 Å². The van der Waals surface area contributed by atoms with E-state index in [4.69, 9.17) is 21.8 Å². The van der Waals surface area contributed by atoms with Gasteiger partial charge in [-0.05, 0) is 18.5 Å². The number of rotatable bonds is 3. The summed E-state index contributed by atoms with van der Waals surface area (Å²) >= 11 is 5.08. The van der Waals surface area contributed by atoms with E-state index in [1.54, 1.807) is 0 Å². The van der Waals surface area contributed by atoms with Crippen LogP contribution in [0.2, 0.25) is 0 Å². The van der Waals surface area contributed by atoms with Crippen LogP contribution in [-0.2, 0) is 9.53 Å². The van der Waals surface area contributed by atoms with E-state index < -0.39 is 17.8 Å². The number of alkyl halides is 1. The first kappa shape index (κ1) is 10.4. The summed E-state index contributed by atoms with van der Waals surface area (Å²) < 4.78 is 4.18. The maximum Gasteiger partial charge on any atom is 0.336 e. The van der Waals surface area contributed by atoms with Crippen LogP contribution < -0.4 is 0 Å². The van der Waals surface area contributed by atoms with E-state index in [1.807, 2.05) is 0 Å². The normalized spacial score (nSPS) is 15.3. The average Bonchev–Trinajstić information content (AvgIpc) is 1.87. The molecule has 0 amide bonds. The lowest BCUT2D eigenvalue weighted by Gasteiger charge is -2.17. The molecule has 0 aliphatic carbocycles. The molecule has 0 aliphatic heterocycles. The minimum absolute atomic E-state index is 0.0949. The van der Waals surface area contributed by atoms with Crippen molar-refractivity contribution in [3.63, 3.8) is 0 Å². The van der Waals surface area contributed by atoms with Crippen LogP contribution in [0.4, 0.5) is 0 Å². The molecule has 0 saturated heterocycles. The van der Waals surface area contributed by atoms with Gasteiger partial charge in [0.25, 0.3) is 0 Å². The summed E-state index contributed by atoms with van der Waals surface area (Å²) in [7, 11) is 0. The Bertz CT molecular complexity index is 175. The molecular weight excluding hydrogens is 172 g/mol. The third kappa shape index (κ3) is 3.98. The Morgan fingerprint density at radius 2 is 2.27 bits per heavy atom. The fraction of sp³-hybridized carbons (Fsp3) is 0.500. The first-order chi connectivity index (χ1) is 4.89. The number of halogens is 1.